The van der Waals surface area contributed by atoms with Gasteiger partial charge >= 0.3 is 5.97 Å². The van der Waals surface area contributed by atoms with E-state index in [1.165, 1.54) is 7.11 Å². The van der Waals surface area contributed by atoms with E-state index in [4.69, 9.17) is 0 Å². The van der Waals surface area contributed by atoms with E-state index in [-0.39, 0.29) is 12.5 Å². The zero-order valence-electron chi connectivity index (χ0n) is 9.26. The molecule has 1 saturated heterocycles. The van der Waals surface area contributed by atoms with Crippen LogP contribution in [0, 0.1) is 0 Å². The summed E-state index contributed by atoms with van der Waals surface area (Å²) in [7, 11) is -1.68. The third kappa shape index (κ3) is 2.69. The Bertz CT molecular complexity index is 320. The molecular weight excluding hydrogens is 218 g/mol. The van der Waals surface area contributed by atoms with Crippen molar-refractivity contribution in [2.24, 2.45) is 0 Å². The molecule has 1 rings (SSSR count). The van der Waals surface area contributed by atoms with Crippen molar-refractivity contribution in [1.29, 1.82) is 0 Å². The van der Waals surface area contributed by atoms with Crippen LogP contribution in [0.25, 0.3) is 0 Å². The molecule has 6 heteroatoms. The first-order chi connectivity index (χ1) is 6.87. The molecule has 2 unspecified atom stereocenters. The van der Waals surface area contributed by atoms with Crippen LogP contribution in [0.5, 0.6) is 0 Å². The third-order valence-electron chi connectivity index (χ3n) is 2.73. The van der Waals surface area contributed by atoms with Crippen LogP contribution in [0.15, 0.2) is 0 Å². The van der Waals surface area contributed by atoms with Crippen LogP contribution >= 0.6 is 0 Å². The van der Waals surface area contributed by atoms with E-state index in [0.29, 0.717) is 13.1 Å². The van der Waals surface area contributed by atoms with E-state index in [0.717, 1.165) is 0 Å². The molecule has 0 saturated carbocycles. The molecule has 0 radical (unpaired) electrons. The second-order valence-electron chi connectivity index (χ2n) is 3.98. The van der Waals surface area contributed by atoms with E-state index in [2.05, 4.69) is 4.74 Å². The molecular formula is C9H17NO4S. The van der Waals surface area contributed by atoms with Crippen molar-refractivity contribution in [3.63, 3.8) is 0 Å². The second-order valence-corrected chi connectivity index (χ2v) is 6.77. The molecule has 5 nitrogen and oxygen atoms in total. The standard InChI is InChI=1S/C9H17NO4S/c1-7-4-10(6-9(11)14-3)5-8(2)15(7,12)13/h7-8H,4-6H2,1-3H3. The van der Waals surface area contributed by atoms with Crippen molar-refractivity contribution < 1.29 is 17.9 Å². The number of carbonyl (C=O) groups excluding carboxylic acids is 1. The lowest BCUT2D eigenvalue weighted by atomic mass is 10.3. The summed E-state index contributed by atoms with van der Waals surface area (Å²) in [4.78, 5) is 12.9. The van der Waals surface area contributed by atoms with Crippen LogP contribution in [0.2, 0.25) is 0 Å². The van der Waals surface area contributed by atoms with Crippen LogP contribution in [-0.4, -0.2) is 56.5 Å². The molecule has 1 heterocycles. The fourth-order valence-corrected chi connectivity index (χ4v) is 3.41. The Labute approximate surface area is 90.3 Å². The second kappa shape index (κ2) is 4.49. The fourth-order valence-electron chi connectivity index (χ4n) is 1.78. The molecule has 2 atom stereocenters. The zero-order chi connectivity index (χ0) is 11.6. The van der Waals surface area contributed by atoms with E-state index in [1.807, 2.05) is 4.90 Å². The van der Waals surface area contributed by atoms with Crippen LogP contribution in [0.3, 0.4) is 0 Å². The Hall–Kier alpha value is -0.620. The Morgan fingerprint density at radius 3 is 2.20 bits per heavy atom. The van der Waals surface area contributed by atoms with Crippen LogP contribution in [-0.2, 0) is 19.4 Å². The normalized spacial score (nSPS) is 31.1. The minimum atomic E-state index is -3.01. The summed E-state index contributed by atoms with van der Waals surface area (Å²) < 4.78 is 27.9. The summed E-state index contributed by atoms with van der Waals surface area (Å²) in [5.41, 5.74) is 0. The molecule has 1 aliphatic rings. The van der Waals surface area contributed by atoms with Crippen molar-refractivity contribution in [2.45, 2.75) is 24.3 Å². The topological polar surface area (TPSA) is 63.7 Å². The molecule has 15 heavy (non-hydrogen) atoms. The zero-order valence-corrected chi connectivity index (χ0v) is 10.1. The minimum absolute atomic E-state index is 0.167. The molecule has 1 aliphatic heterocycles. The van der Waals surface area contributed by atoms with Crippen molar-refractivity contribution in [2.75, 3.05) is 26.7 Å². The van der Waals surface area contributed by atoms with Crippen molar-refractivity contribution in [1.82, 2.24) is 4.90 Å². The molecule has 0 bridgehead atoms. The van der Waals surface area contributed by atoms with Crippen molar-refractivity contribution >= 4 is 15.8 Å². The average Bonchev–Trinajstić information content (AvgIpc) is 2.15. The molecule has 1 fully saturated rings. The highest BCUT2D eigenvalue weighted by Crippen LogP contribution is 2.18. The highest BCUT2D eigenvalue weighted by Gasteiger charge is 2.36. The van der Waals surface area contributed by atoms with E-state index in [9.17, 15) is 13.2 Å². The molecule has 0 aromatic rings. The summed E-state index contributed by atoms with van der Waals surface area (Å²) in [5, 5.41) is -0.822. The molecule has 0 aliphatic carbocycles. The van der Waals surface area contributed by atoms with Crippen LogP contribution in [0.1, 0.15) is 13.8 Å². The lowest BCUT2D eigenvalue weighted by molar-refractivity contribution is -0.141. The van der Waals surface area contributed by atoms with Gasteiger partial charge in [0.15, 0.2) is 9.84 Å². The Morgan fingerprint density at radius 1 is 1.33 bits per heavy atom. The smallest absolute Gasteiger partial charge is 0.319 e. The maximum Gasteiger partial charge on any atom is 0.319 e. The number of hydrogen-bond acceptors (Lipinski definition) is 5. The molecule has 0 aromatic heterocycles. The number of sulfone groups is 1. The molecule has 0 amide bonds. The van der Waals surface area contributed by atoms with Crippen LogP contribution in [0.4, 0.5) is 0 Å². The van der Waals surface area contributed by atoms with E-state index in [1.54, 1.807) is 13.8 Å². The number of hydrogen-bond donors (Lipinski definition) is 0. The van der Waals surface area contributed by atoms with Crippen molar-refractivity contribution in [3.05, 3.63) is 0 Å². The highest BCUT2D eigenvalue weighted by molar-refractivity contribution is 7.92. The van der Waals surface area contributed by atoms with Gasteiger partial charge in [-0.1, -0.05) is 0 Å². The first-order valence-corrected chi connectivity index (χ1v) is 6.50. The van der Waals surface area contributed by atoms with Gasteiger partial charge in [-0.2, -0.15) is 0 Å². The predicted molar refractivity (Wildman–Crippen MR) is 56.3 cm³/mol. The summed E-state index contributed by atoms with van der Waals surface area (Å²) >= 11 is 0. The summed E-state index contributed by atoms with van der Waals surface area (Å²) in [6.07, 6.45) is 0. The number of methoxy groups -OCH3 is 1. The van der Waals surface area contributed by atoms with Gasteiger partial charge in [-0.05, 0) is 13.8 Å². The Balaban J connectivity index is 2.65. The minimum Gasteiger partial charge on any atom is -0.468 e. The molecule has 0 N–H and O–H groups in total. The quantitative estimate of drug-likeness (QED) is 0.613. The van der Waals surface area contributed by atoms with Gasteiger partial charge in [-0.15, -0.1) is 0 Å². The Kier molecular flexibility index (Phi) is 3.72. The largest absolute Gasteiger partial charge is 0.468 e. The van der Waals surface area contributed by atoms with Gasteiger partial charge in [-0.3, -0.25) is 9.69 Å². The van der Waals surface area contributed by atoms with Gasteiger partial charge in [0, 0.05) is 13.1 Å². The van der Waals surface area contributed by atoms with Gasteiger partial charge in [0.2, 0.25) is 0 Å². The number of esters is 1. The predicted octanol–water partition coefficient (Wildman–Crippen LogP) is -0.333. The maximum absolute atomic E-state index is 11.7. The third-order valence-corrected chi connectivity index (χ3v) is 5.27. The fraction of sp³-hybridized carbons (Fsp3) is 0.889. The van der Waals surface area contributed by atoms with Gasteiger partial charge in [0.05, 0.1) is 24.2 Å². The lowest BCUT2D eigenvalue weighted by Crippen LogP contribution is -2.51. The summed E-state index contributed by atoms with van der Waals surface area (Å²) in [6.45, 7) is 4.33. The summed E-state index contributed by atoms with van der Waals surface area (Å²) in [5.74, 6) is -0.325. The summed E-state index contributed by atoms with van der Waals surface area (Å²) in [6, 6.07) is 0. The van der Waals surface area contributed by atoms with E-state index < -0.39 is 20.3 Å². The van der Waals surface area contributed by atoms with Gasteiger partial charge in [0.25, 0.3) is 0 Å². The average molecular weight is 235 g/mol. The SMILES string of the molecule is COC(=O)CN1CC(C)S(=O)(=O)C(C)C1. The maximum atomic E-state index is 11.7. The number of nitrogens with zero attached hydrogens (tertiary/aromatic N) is 1. The monoisotopic (exact) mass is 235 g/mol. The molecule has 0 aromatic carbocycles. The number of carbonyl (C=O) groups is 1. The number of rotatable bonds is 2. The Morgan fingerprint density at radius 2 is 1.80 bits per heavy atom. The van der Waals surface area contributed by atoms with Crippen molar-refractivity contribution in [3.8, 4) is 0 Å². The van der Waals surface area contributed by atoms with Gasteiger partial charge < -0.3 is 4.74 Å². The van der Waals surface area contributed by atoms with Gasteiger partial charge in [-0.25, -0.2) is 8.42 Å². The lowest BCUT2D eigenvalue weighted by Gasteiger charge is -2.33. The first kappa shape index (κ1) is 12.4. The molecule has 0 spiro atoms. The van der Waals surface area contributed by atoms with Gasteiger partial charge in [0.1, 0.15) is 0 Å². The highest BCUT2D eigenvalue weighted by atomic mass is 32.2. The molecule has 88 valence electrons. The van der Waals surface area contributed by atoms with Crippen LogP contribution < -0.4 is 0 Å². The first-order valence-electron chi connectivity index (χ1n) is 4.89. The van der Waals surface area contributed by atoms with E-state index >= 15 is 0 Å². The number of ether oxygens (including phenoxy) is 1.